The van der Waals surface area contributed by atoms with Crippen molar-refractivity contribution >= 4 is 35.0 Å². The highest BCUT2D eigenvalue weighted by molar-refractivity contribution is 8.15. The van der Waals surface area contributed by atoms with Crippen molar-refractivity contribution in [2.45, 2.75) is 18.6 Å². The second-order valence-corrected chi connectivity index (χ2v) is 5.45. The fourth-order valence-electron chi connectivity index (χ4n) is 1.55. The van der Waals surface area contributed by atoms with Crippen LogP contribution in [0.1, 0.15) is 17.5 Å². The molecule has 7 heteroatoms. The third-order valence-electron chi connectivity index (χ3n) is 2.57. The Hall–Kier alpha value is -2.15. The monoisotopic (exact) mass is 291 g/mol. The molecule has 1 amide bonds. The molecule has 1 saturated heterocycles. The van der Waals surface area contributed by atoms with Crippen molar-refractivity contribution in [1.82, 2.24) is 5.32 Å². The van der Waals surface area contributed by atoms with Gasteiger partial charge in [0.15, 0.2) is 5.17 Å². The van der Waals surface area contributed by atoms with Crippen LogP contribution in [0.5, 0.6) is 0 Å². The maximum atomic E-state index is 11.5. The standard InChI is InChI=1S/C13H13N3O3S/c1-8-2-4-9(5-3-8)7-14-16-13-15-12(19)10(20-13)6-11(17)18/h2-5,7,10H,6H2,1H3,(H,17,18)(H,15,16,19)/b14-7-/t10-/m0/s1. The molecule has 2 N–H and O–H groups in total. The number of amides is 1. The van der Waals surface area contributed by atoms with E-state index in [1.54, 1.807) is 6.21 Å². The number of rotatable bonds is 4. The molecule has 0 spiro atoms. The molecule has 0 aliphatic carbocycles. The van der Waals surface area contributed by atoms with E-state index in [2.05, 4.69) is 15.5 Å². The molecular formula is C13H13N3O3S. The fourth-order valence-corrected chi connectivity index (χ4v) is 2.46. The Bertz CT molecular complexity index is 581. The second kappa shape index (κ2) is 6.33. The predicted octanol–water partition coefficient (Wildman–Crippen LogP) is 1.39. The highest BCUT2D eigenvalue weighted by Crippen LogP contribution is 2.22. The van der Waals surface area contributed by atoms with E-state index in [1.165, 1.54) is 0 Å². The Labute approximate surface area is 120 Å². The molecule has 0 radical (unpaired) electrons. The van der Waals surface area contributed by atoms with Gasteiger partial charge in [-0.15, -0.1) is 5.10 Å². The lowest BCUT2D eigenvalue weighted by Crippen LogP contribution is -2.26. The Morgan fingerprint density at radius 2 is 2.15 bits per heavy atom. The summed E-state index contributed by atoms with van der Waals surface area (Å²) in [6.07, 6.45) is 1.35. The van der Waals surface area contributed by atoms with Gasteiger partial charge in [0.1, 0.15) is 5.25 Å². The van der Waals surface area contributed by atoms with Gasteiger partial charge >= 0.3 is 5.97 Å². The first kappa shape index (κ1) is 14.3. The Morgan fingerprint density at radius 3 is 2.80 bits per heavy atom. The molecule has 1 aliphatic rings. The summed E-state index contributed by atoms with van der Waals surface area (Å²) in [7, 11) is 0. The van der Waals surface area contributed by atoms with Gasteiger partial charge in [-0.25, -0.2) is 0 Å². The maximum Gasteiger partial charge on any atom is 0.305 e. The minimum Gasteiger partial charge on any atom is -0.481 e. The number of hydrogen-bond donors (Lipinski definition) is 2. The number of amidine groups is 1. The Morgan fingerprint density at radius 1 is 1.45 bits per heavy atom. The molecule has 0 bridgehead atoms. The first-order valence-corrected chi connectivity index (χ1v) is 6.79. The smallest absolute Gasteiger partial charge is 0.305 e. The number of carbonyl (C=O) groups is 2. The maximum absolute atomic E-state index is 11.5. The fraction of sp³-hybridized carbons (Fsp3) is 0.231. The number of nitrogens with one attached hydrogen (secondary N) is 1. The van der Waals surface area contributed by atoms with Gasteiger partial charge in [0.2, 0.25) is 5.91 Å². The molecule has 104 valence electrons. The normalized spacial score (nSPS) is 20.6. The van der Waals surface area contributed by atoms with Crippen LogP contribution in [0.3, 0.4) is 0 Å². The van der Waals surface area contributed by atoms with Crippen LogP contribution in [-0.4, -0.2) is 33.6 Å². The van der Waals surface area contributed by atoms with E-state index in [0.717, 1.165) is 22.9 Å². The van der Waals surface area contributed by atoms with Gasteiger partial charge in [-0.3, -0.25) is 9.59 Å². The van der Waals surface area contributed by atoms with Gasteiger partial charge in [-0.2, -0.15) is 5.10 Å². The number of aryl methyl sites for hydroxylation is 1. The largest absolute Gasteiger partial charge is 0.481 e. The summed E-state index contributed by atoms with van der Waals surface area (Å²) in [6.45, 7) is 1.99. The van der Waals surface area contributed by atoms with Gasteiger partial charge in [0.25, 0.3) is 0 Å². The Kier molecular flexibility index (Phi) is 4.52. The number of carbonyl (C=O) groups excluding carboxylic acids is 1. The molecule has 0 unspecified atom stereocenters. The molecule has 0 saturated carbocycles. The number of aliphatic carboxylic acids is 1. The van der Waals surface area contributed by atoms with E-state index in [1.807, 2.05) is 31.2 Å². The van der Waals surface area contributed by atoms with Crippen molar-refractivity contribution in [3.8, 4) is 0 Å². The van der Waals surface area contributed by atoms with Gasteiger partial charge in [0.05, 0.1) is 12.6 Å². The van der Waals surface area contributed by atoms with Crippen molar-refractivity contribution in [3.63, 3.8) is 0 Å². The molecule has 1 aliphatic heterocycles. The quantitative estimate of drug-likeness (QED) is 0.648. The topological polar surface area (TPSA) is 91.1 Å². The van der Waals surface area contributed by atoms with Gasteiger partial charge in [-0.1, -0.05) is 41.6 Å². The molecule has 0 aromatic heterocycles. The third kappa shape index (κ3) is 3.92. The number of benzene rings is 1. The van der Waals surface area contributed by atoms with Crippen LogP contribution in [0.2, 0.25) is 0 Å². The summed E-state index contributed by atoms with van der Waals surface area (Å²) in [6, 6.07) is 7.74. The zero-order chi connectivity index (χ0) is 14.5. The zero-order valence-corrected chi connectivity index (χ0v) is 11.6. The van der Waals surface area contributed by atoms with Crippen molar-refractivity contribution < 1.29 is 14.7 Å². The van der Waals surface area contributed by atoms with Crippen LogP contribution >= 0.6 is 11.8 Å². The molecule has 1 heterocycles. The van der Waals surface area contributed by atoms with Crippen LogP contribution < -0.4 is 5.32 Å². The molecule has 1 aromatic carbocycles. The average Bonchev–Trinajstić information content (AvgIpc) is 2.72. The Balaban J connectivity index is 1.97. The molecule has 1 aromatic rings. The number of nitrogens with zero attached hydrogens (tertiary/aromatic N) is 2. The molecule has 1 atom stereocenters. The summed E-state index contributed by atoms with van der Waals surface area (Å²) in [5, 5.41) is 18.6. The van der Waals surface area contributed by atoms with Gasteiger partial charge in [0, 0.05) is 0 Å². The highest BCUT2D eigenvalue weighted by atomic mass is 32.2. The van der Waals surface area contributed by atoms with Crippen LogP contribution in [0.25, 0.3) is 0 Å². The molecule has 1 fully saturated rings. The average molecular weight is 291 g/mol. The summed E-state index contributed by atoms with van der Waals surface area (Å²) in [5.74, 6) is -1.36. The van der Waals surface area contributed by atoms with E-state index in [4.69, 9.17) is 5.11 Å². The summed E-state index contributed by atoms with van der Waals surface area (Å²) in [4.78, 5) is 22.0. The molecular weight excluding hydrogens is 278 g/mol. The van der Waals surface area contributed by atoms with Crippen LogP contribution in [0.4, 0.5) is 0 Å². The lowest BCUT2D eigenvalue weighted by atomic mass is 10.2. The van der Waals surface area contributed by atoms with Crippen molar-refractivity contribution in [1.29, 1.82) is 0 Å². The number of thioether (sulfide) groups is 1. The van der Waals surface area contributed by atoms with Crippen LogP contribution in [0.15, 0.2) is 34.5 Å². The van der Waals surface area contributed by atoms with Crippen LogP contribution in [-0.2, 0) is 9.59 Å². The number of hydrogen-bond acceptors (Lipinski definition) is 5. The predicted molar refractivity (Wildman–Crippen MR) is 78.0 cm³/mol. The first-order chi connectivity index (χ1) is 9.54. The van der Waals surface area contributed by atoms with Gasteiger partial charge in [-0.05, 0) is 12.5 Å². The lowest BCUT2D eigenvalue weighted by molar-refractivity contribution is -0.138. The van der Waals surface area contributed by atoms with Crippen LogP contribution in [0, 0.1) is 6.92 Å². The van der Waals surface area contributed by atoms with Crippen molar-refractivity contribution in [3.05, 3.63) is 35.4 Å². The van der Waals surface area contributed by atoms with Gasteiger partial charge < -0.3 is 10.4 Å². The van der Waals surface area contributed by atoms with Crippen molar-refractivity contribution in [2.24, 2.45) is 10.2 Å². The second-order valence-electron chi connectivity index (χ2n) is 4.25. The van der Waals surface area contributed by atoms with E-state index in [0.29, 0.717) is 5.17 Å². The highest BCUT2D eigenvalue weighted by Gasteiger charge is 2.32. The molecule has 2 rings (SSSR count). The molecule has 20 heavy (non-hydrogen) atoms. The summed E-state index contributed by atoms with van der Waals surface area (Å²) >= 11 is 1.08. The van der Waals surface area contributed by atoms with E-state index < -0.39 is 11.2 Å². The van der Waals surface area contributed by atoms with Crippen molar-refractivity contribution in [2.75, 3.05) is 0 Å². The van der Waals surface area contributed by atoms with E-state index in [-0.39, 0.29) is 12.3 Å². The minimum absolute atomic E-state index is 0.225. The lowest BCUT2D eigenvalue weighted by Gasteiger charge is -1.97. The SMILES string of the molecule is Cc1ccc(/C=N\N=C2/NC(=O)[C@H](CC(=O)O)S2)cc1. The third-order valence-corrected chi connectivity index (χ3v) is 3.64. The summed E-state index contributed by atoms with van der Waals surface area (Å²) in [5.41, 5.74) is 2.06. The summed E-state index contributed by atoms with van der Waals surface area (Å²) < 4.78 is 0. The zero-order valence-electron chi connectivity index (χ0n) is 10.7. The first-order valence-electron chi connectivity index (χ1n) is 5.91. The molecule has 6 nitrogen and oxygen atoms in total. The van der Waals surface area contributed by atoms with E-state index in [9.17, 15) is 9.59 Å². The number of carboxylic acids is 1. The minimum atomic E-state index is -1.01. The number of carboxylic acid groups (broad SMARTS) is 1. The van der Waals surface area contributed by atoms with E-state index >= 15 is 0 Å².